The van der Waals surface area contributed by atoms with Gasteiger partial charge in [0.1, 0.15) is 17.3 Å². The van der Waals surface area contributed by atoms with Crippen LogP contribution >= 0.6 is 23.1 Å². The lowest BCUT2D eigenvalue weighted by Gasteiger charge is -2.08. The van der Waals surface area contributed by atoms with Gasteiger partial charge in [-0.3, -0.25) is 14.9 Å². The Bertz CT molecular complexity index is 999. The lowest BCUT2D eigenvalue weighted by Crippen LogP contribution is -2.14. The summed E-state index contributed by atoms with van der Waals surface area (Å²) in [5.74, 6) is 1.45. The van der Waals surface area contributed by atoms with Gasteiger partial charge in [-0.25, -0.2) is 0 Å². The molecule has 2 amide bonds. The largest absolute Gasteiger partial charge is 0.495 e. The number of amides is 2. The van der Waals surface area contributed by atoms with Gasteiger partial charge in [0.25, 0.3) is 5.91 Å². The number of furan rings is 1. The van der Waals surface area contributed by atoms with Crippen LogP contribution in [0.2, 0.25) is 0 Å². The van der Waals surface area contributed by atoms with Crippen molar-refractivity contribution in [3.8, 4) is 5.75 Å². The van der Waals surface area contributed by atoms with Gasteiger partial charge < -0.3 is 14.5 Å². The molecule has 0 saturated carbocycles. The number of nitrogens with zero attached hydrogens (tertiary/aromatic N) is 2. The maximum absolute atomic E-state index is 12.3. The highest BCUT2D eigenvalue weighted by Crippen LogP contribution is 2.27. The van der Waals surface area contributed by atoms with Crippen LogP contribution in [0.3, 0.4) is 0 Å². The minimum absolute atomic E-state index is 0.153. The number of carbonyl (C=O) groups excluding carboxylic acids is 2. The van der Waals surface area contributed by atoms with E-state index in [1.165, 1.54) is 23.1 Å². The van der Waals surface area contributed by atoms with Crippen LogP contribution < -0.4 is 15.4 Å². The molecule has 0 unspecified atom stereocenters. The molecule has 2 heterocycles. The van der Waals surface area contributed by atoms with Crippen LogP contribution in [-0.4, -0.2) is 34.9 Å². The first-order valence-corrected chi connectivity index (χ1v) is 10.0. The molecule has 10 heteroatoms. The van der Waals surface area contributed by atoms with Crippen LogP contribution in [0.4, 0.5) is 10.8 Å². The van der Waals surface area contributed by atoms with Crippen molar-refractivity contribution in [3.63, 3.8) is 0 Å². The summed E-state index contributed by atoms with van der Waals surface area (Å²) < 4.78 is 11.1. The molecule has 2 aromatic heterocycles. The van der Waals surface area contributed by atoms with Crippen molar-refractivity contribution in [1.29, 1.82) is 0 Å². The molecule has 0 spiro atoms. The fourth-order valence-corrected chi connectivity index (χ4v) is 3.95. The molecule has 0 aliphatic rings. The molecule has 28 heavy (non-hydrogen) atoms. The smallest absolute Gasteiger partial charge is 0.261 e. The highest BCUT2D eigenvalue weighted by atomic mass is 32.2. The van der Waals surface area contributed by atoms with Crippen LogP contribution in [0.5, 0.6) is 5.75 Å². The standard InChI is InChI=1S/C18H18N4O4S2/c1-10-8-12(11(2)26-10)16(24)20-17-21-22-18(28-17)27-9-15(23)19-13-6-4-5-7-14(13)25-3/h4-8H,9H2,1-3H3,(H,19,23)(H,20,21,24). The van der Waals surface area contributed by atoms with Gasteiger partial charge in [-0.05, 0) is 32.0 Å². The van der Waals surface area contributed by atoms with Crippen molar-refractivity contribution >= 4 is 45.7 Å². The predicted molar refractivity (Wildman–Crippen MR) is 108 cm³/mol. The zero-order chi connectivity index (χ0) is 20.1. The summed E-state index contributed by atoms with van der Waals surface area (Å²) in [6.07, 6.45) is 0. The van der Waals surface area contributed by atoms with Gasteiger partial charge in [-0.2, -0.15) is 0 Å². The monoisotopic (exact) mass is 418 g/mol. The van der Waals surface area contributed by atoms with Crippen LogP contribution in [0, 0.1) is 13.8 Å². The van der Waals surface area contributed by atoms with E-state index in [2.05, 4.69) is 20.8 Å². The Morgan fingerprint density at radius 1 is 1.21 bits per heavy atom. The summed E-state index contributed by atoms with van der Waals surface area (Å²) in [7, 11) is 1.54. The molecule has 0 saturated heterocycles. The predicted octanol–water partition coefficient (Wildman–Crippen LogP) is 3.74. The van der Waals surface area contributed by atoms with E-state index in [1.54, 1.807) is 39.2 Å². The number of hydrogen-bond donors (Lipinski definition) is 2. The number of hydrogen-bond acceptors (Lipinski definition) is 8. The molecular weight excluding hydrogens is 400 g/mol. The molecule has 0 radical (unpaired) electrons. The number of aromatic nitrogens is 2. The maximum Gasteiger partial charge on any atom is 0.261 e. The molecule has 1 aromatic carbocycles. The fourth-order valence-electron chi connectivity index (χ4n) is 2.40. The van der Waals surface area contributed by atoms with E-state index in [9.17, 15) is 9.59 Å². The van der Waals surface area contributed by atoms with Crippen molar-refractivity contribution in [2.45, 2.75) is 18.2 Å². The SMILES string of the molecule is COc1ccccc1NC(=O)CSc1nnc(NC(=O)c2cc(C)oc2C)s1. The van der Waals surface area contributed by atoms with E-state index < -0.39 is 0 Å². The second-order valence-electron chi connectivity index (χ2n) is 5.69. The highest BCUT2D eigenvalue weighted by molar-refractivity contribution is 8.01. The molecule has 0 fully saturated rings. The molecule has 3 aromatic rings. The number of ether oxygens (including phenoxy) is 1. The highest BCUT2D eigenvalue weighted by Gasteiger charge is 2.16. The van der Waals surface area contributed by atoms with Crippen LogP contribution in [0.25, 0.3) is 0 Å². The first kappa shape index (κ1) is 19.9. The maximum atomic E-state index is 12.3. The average Bonchev–Trinajstić information content (AvgIpc) is 3.26. The van der Waals surface area contributed by atoms with Crippen molar-refractivity contribution in [2.75, 3.05) is 23.5 Å². The number of methoxy groups -OCH3 is 1. The zero-order valence-corrected chi connectivity index (χ0v) is 17.1. The van der Waals surface area contributed by atoms with Crippen molar-refractivity contribution in [1.82, 2.24) is 10.2 Å². The second kappa shape index (κ2) is 8.89. The topological polar surface area (TPSA) is 106 Å². The minimum atomic E-state index is -0.309. The molecule has 3 rings (SSSR count). The lowest BCUT2D eigenvalue weighted by molar-refractivity contribution is -0.113. The summed E-state index contributed by atoms with van der Waals surface area (Å²) in [5.41, 5.74) is 1.06. The Morgan fingerprint density at radius 2 is 2.00 bits per heavy atom. The third-order valence-electron chi connectivity index (χ3n) is 3.62. The first-order valence-electron chi connectivity index (χ1n) is 8.24. The van der Waals surface area contributed by atoms with E-state index in [1.807, 2.05) is 12.1 Å². The van der Waals surface area contributed by atoms with Gasteiger partial charge in [0.2, 0.25) is 11.0 Å². The normalized spacial score (nSPS) is 10.5. The Morgan fingerprint density at radius 3 is 2.71 bits per heavy atom. The molecule has 2 N–H and O–H groups in total. The number of rotatable bonds is 7. The Hall–Kier alpha value is -2.85. The average molecular weight is 419 g/mol. The minimum Gasteiger partial charge on any atom is -0.495 e. The number of carbonyl (C=O) groups is 2. The number of aryl methyl sites for hydroxylation is 2. The summed E-state index contributed by atoms with van der Waals surface area (Å²) in [4.78, 5) is 24.4. The van der Waals surface area contributed by atoms with Gasteiger partial charge in [0, 0.05) is 0 Å². The number of benzene rings is 1. The molecule has 0 bridgehead atoms. The van der Waals surface area contributed by atoms with E-state index in [0.717, 1.165) is 0 Å². The number of anilines is 2. The molecule has 0 atom stereocenters. The Balaban J connectivity index is 1.54. The molecule has 0 aliphatic carbocycles. The van der Waals surface area contributed by atoms with Gasteiger partial charge >= 0.3 is 0 Å². The third-order valence-corrected chi connectivity index (χ3v) is 5.59. The van der Waals surface area contributed by atoms with Crippen LogP contribution in [-0.2, 0) is 4.79 Å². The van der Waals surface area contributed by atoms with Crippen LogP contribution in [0.15, 0.2) is 39.1 Å². The second-order valence-corrected chi connectivity index (χ2v) is 7.89. The van der Waals surface area contributed by atoms with E-state index in [0.29, 0.717) is 38.0 Å². The molecule has 0 aliphatic heterocycles. The van der Waals surface area contributed by atoms with Gasteiger partial charge in [0.05, 0.1) is 24.1 Å². The summed E-state index contributed by atoms with van der Waals surface area (Å²) >= 11 is 2.43. The number of nitrogens with one attached hydrogen (secondary N) is 2. The quantitative estimate of drug-likeness (QED) is 0.445. The Labute approximate surface area is 169 Å². The molecular formula is C18H18N4O4S2. The van der Waals surface area contributed by atoms with Gasteiger partial charge in [-0.1, -0.05) is 35.2 Å². The fraction of sp³-hybridized carbons (Fsp3) is 0.222. The van der Waals surface area contributed by atoms with Crippen molar-refractivity contribution < 1.29 is 18.7 Å². The van der Waals surface area contributed by atoms with E-state index in [-0.39, 0.29) is 17.6 Å². The Kier molecular flexibility index (Phi) is 6.32. The zero-order valence-electron chi connectivity index (χ0n) is 15.4. The number of para-hydroxylation sites is 2. The van der Waals surface area contributed by atoms with Crippen molar-refractivity contribution in [2.24, 2.45) is 0 Å². The summed E-state index contributed by atoms with van der Waals surface area (Å²) in [5, 5.41) is 13.8. The van der Waals surface area contributed by atoms with E-state index in [4.69, 9.17) is 9.15 Å². The first-order chi connectivity index (χ1) is 13.5. The lowest BCUT2D eigenvalue weighted by atomic mass is 10.2. The van der Waals surface area contributed by atoms with Crippen LogP contribution in [0.1, 0.15) is 21.9 Å². The van der Waals surface area contributed by atoms with Crippen molar-refractivity contribution in [3.05, 3.63) is 47.4 Å². The van der Waals surface area contributed by atoms with Gasteiger partial charge in [0.15, 0.2) is 4.34 Å². The summed E-state index contributed by atoms with van der Waals surface area (Å²) in [6, 6.07) is 8.84. The third kappa shape index (κ3) is 4.90. The number of thioether (sulfide) groups is 1. The summed E-state index contributed by atoms with van der Waals surface area (Å²) in [6.45, 7) is 3.50. The van der Waals surface area contributed by atoms with Gasteiger partial charge in [-0.15, -0.1) is 10.2 Å². The molecule has 8 nitrogen and oxygen atoms in total. The molecule has 146 valence electrons. The van der Waals surface area contributed by atoms with E-state index >= 15 is 0 Å².